The van der Waals surface area contributed by atoms with Crippen LogP contribution < -0.4 is 0 Å². The Hall–Kier alpha value is -1.94. The number of aliphatic imine (C=N–C) groups is 2. The van der Waals surface area contributed by atoms with E-state index in [1.165, 1.54) is 10.6 Å². The van der Waals surface area contributed by atoms with Crippen molar-refractivity contribution in [1.82, 2.24) is 5.06 Å². The van der Waals surface area contributed by atoms with Crippen molar-refractivity contribution < 1.29 is 5.21 Å². The molecule has 1 aromatic carbocycles. The SMILES string of the molecule is CCCCN(O)/C=C1\C=NC(c2ccc(C)cc2)=N1. The topological polar surface area (TPSA) is 48.2 Å². The van der Waals surface area contributed by atoms with Crippen LogP contribution in [0.5, 0.6) is 0 Å². The van der Waals surface area contributed by atoms with Gasteiger partial charge < -0.3 is 0 Å². The number of hydrogen-bond donors (Lipinski definition) is 1. The molecule has 0 spiro atoms. The van der Waals surface area contributed by atoms with Crippen molar-refractivity contribution in [2.75, 3.05) is 6.54 Å². The quantitative estimate of drug-likeness (QED) is 0.824. The van der Waals surface area contributed by atoms with E-state index in [4.69, 9.17) is 0 Å². The van der Waals surface area contributed by atoms with Gasteiger partial charge in [-0.2, -0.15) is 0 Å². The molecule has 0 aromatic heterocycles. The molecular weight excluding hydrogens is 238 g/mol. The zero-order valence-electron chi connectivity index (χ0n) is 11.4. The van der Waals surface area contributed by atoms with E-state index in [9.17, 15) is 5.21 Å². The van der Waals surface area contributed by atoms with E-state index in [1.54, 1.807) is 12.4 Å². The molecule has 0 aliphatic carbocycles. The van der Waals surface area contributed by atoms with Gasteiger partial charge in [0.25, 0.3) is 0 Å². The van der Waals surface area contributed by atoms with Crippen LogP contribution in [0.1, 0.15) is 30.9 Å². The lowest BCUT2D eigenvalue weighted by Gasteiger charge is -2.10. The number of aryl methyl sites for hydroxylation is 1. The van der Waals surface area contributed by atoms with Crippen molar-refractivity contribution >= 4 is 12.1 Å². The molecular formula is C15H19N3O. The first-order valence-electron chi connectivity index (χ1n) is 6.56. The summed E-state index contributed by atoms with van der Waals surface area (Å²) < 4.78 is 0. The maximum atomic E-state index is 9.66. The normalized spacial score (nSPS) is 15.9. The van der Waals surface area contributed by atoms with Crippen molar-refractivity contribution in [2.45, 2.75) is 26.7 Å². The van der Waals surface area contributed by atoms with Crippen LogP contribution in [0, 0.1) is 6.92 Å². The monoisotopic (exact) mass is 257 g/mol. The maximum Gasteiger partial charge on any atom is 0.159 e. The van der Waals surface area contributed by atoms with Crippen LogP contribution in [0.4, 0.5) is 0 Å². The third-order valence-corrected chi connectivity index (χ3v) is 2.89. The Morgan fingerprint density at radius 2 is 2.00 bits per heavy atom. The number of nitrogens with zero attached hydrogens (tertiary/aromatic N) is 3. The number of hydrogen-bond acceptors (Lipinski definition) is 4. The predicted octanol–water partition coefficient (Wildman–Crippen LogP) is 3.16. The number of hydroxylamine groups is 2. The summed E-state index contributed by atoms with van der Waals surface area (Å²) in [7, 11) is 0. The summed E-state index contributed by atoms with van der Waals surface area (Å²) in [5, 5.41) is 10.8. The number of benzene rings is 1. The zero-order chi connectivity index (χ0) is 13.7. The maximum absolute atomic E-state index is 9.66. The van der Waals surface area contributed by atoms with E-state index in [0.29, 0.717) is 18.1 Å². The van der Waals surface area contributed by atoms with Gasteiger partial charge in [-0.05, 0) is 13.3 Å². The minimum atomic E-state index is 0.614. The van der Waals surface area contributed by atoms with Crippen LogP contribution in [0.15, 0.2) is 46.1 Å². The molecule has 1 aromatic rings. The third-order valence-electron chi connectivity index (χ3n) is 2.89. The Morgan fingerprint density at radius 1 is 1.26 bits per heavy atom. The highest BCUT2D eigenvalue weighted by Crippen LogP contribution is 2.12. The molecule has 4 nitrogen and oxygen atoms in total. The van der Waals surface area contributed by atoms with Crippen molar-refractivity contribution in [1.29, 1.82) is 0 Å². The summed E-state index contributed by atoms with van der Waals surface area (Å²) in [5.74, 6) is 0.690. The Balaban J connectivity index is 2.07. The molecule has 0 radical (unpaired) electrons. The summed E-state index contributed by atoms with van der Waals surface area (Å²) in [6, 6.07) is 8.08. The van der Waals surface area contributed by atoms with Crippen LogP contribution in [-0.2, 0) is 0 Å². The van der Waals surface area contributed by atoms with Crippen LogP contribution in [0.25, 0.3) is 0 Å². The van der Waals surface area contributed by atoms with Crippen molar-refractivity contribution in [2.24, 2.45) is 9.98 Å². The first-order chi connectivity index (χ1) is 9.19. The van der Waals surface area contributed by atoms with E-state index in [-0.39, 0.29) is 0 Å². The lowest BCUT2D eigenvalue weighted by Crippen LogP contribution is -2.13. The molecule has 0 amide bonds. The minimum absolute atomic E-state index is 0.614. The molecule has 4 heteroatoms. The summed E-state index contributed by atoms with van der Waals surface area (Å²) in [6.07, 6.45) is 5.28. The van der Waals surface area contributed by atoms with Gasteiger partial charge in [0, 0.05) is 12.1 Å². The van der Waals surface area contributed by atoms with E-state index in [0.717, 1.165) is 18.4 Å². The molecule has 1 aliphatic heterocycles. The first kappa shape index (κ1) is 13.5. The second-order valence-corrected chi connectivity index (χ2v) is 4.63. The molecule has 100 valence electrons. The smallest absolute Gasteiger partial charge is 0.159 e. The highest BCUT2D eigenvalue weighted by atomic mass is 16.5. The van der Waals surface area contributed by atoms with Gasteiger partial charge in [0.1, 0.15) is 5.70 Å². The van der Waals surface area contributed by atoms with Gasteiger partial charge in [-0.15, -0.1) is 0 Å². The average molecular weight is 257 g/mol. The largest absolute Gasteiger partial charge is 0.289 e. The first-order valence-corrected chi connectivity index (χ1v) is 6.56. The fourth-order valence-electron chi connectivity index (χ4n) is 1.75. The number of rotatable bonds is 5. The van der Waals surface area contributed by atoms with Crippen molar-refractivity contribution in [3.63, 3.8) is 0 Å². The Morgan fingerprint density at radius 3 is 2.68 bits per heavy atom. The number of unbranched alkanes of at least 4 members (excludes halogenated alkanes) is 1. The lowest BCUT2D eigenvalue weighted by molar-refractivity contribution is -0.0419. The molecule has 0 atom stereocenters. The molecule has 1 aliphatic rings. The molecule has 0 bridgehead atoms. The second-order valence-electron chi connectivity index (χ2n) is 4.63. The van der Waals surface area contributed by atoms with Gasteiger partial charge >= 0.3 is 0 Å². The minimum Gasteiger partial charge on any atom is -0.289 e. The lowest BCUT2D eigenvalue weighted by atomic mass is 10.1. The predicted molar refractivity (Wildman–Crippen MR) is 77.7 cm³/mol. The highest BCUT2D eigenvalue weighted by molar-refractivity contribution is 6.10. The summed E-state index contributed by atoms with van der Waals surface area (Å²) >= 11 is 0. The third kappa shape index (κ3) is 3.76. The van der Waals surface area contributed by atoms with Gasteiger partial charge in [-0.25, -0.2) is 9.98 Å². The Bertz CT molecular complexity index is 515. The van der Waals surface area contributed by atoms with Crippen LogP contribution >= 0.6 is 0 Å². The van der Waals surface area contributed by atoms with E-state index >= 15 is 0 Å². The molecule has 2 rings (SSSR count). The summed E-state index contributed by atoms with van der Waals surface area (Å²) in [6.45, 7) is 4.75. The fraction of sp³-hybridized carbons (Fsp3) is 0.333. The van der Waals surface area contributed by atoms with Gasteiger partial charge in [-0.3, -0.25) is 10.3 Å². The highest BCUT2D eigenvalue weighted by Gasteiger charge is 2.09. The van der Waals surface area contributed by atoms with Crippen LogP contribution in [0.3, 0.4) is 0 Å². The van der Waals surface area contributed by atoms with Crippen LogP contribution in [0.2, 0.25) is 0 Å². The Kier molecular flexibility index (Phi) is 4.47. The molecule has 0 saturated carbocycles. The van der Waals surface area contributed by atoms with Crippen molar-refractivity contribution in [3.05, 3.63) is 47.3 Å². The molecule has 0 unspecified atom stereocenters. The molecule has 1 heterocycles. The average Bonchev–Trinajstić information content (AvgIpc) is 2.85. The van der Waals surface area contributed by atoms with E-state index < -0.39 is 0 Å². The molecule has 19 heavy (non-hydrogen) atoms. The van der Waals surface area contributed by atoms with Crippen molar-refractivity contribution in [3.8, 4) is 0 Å². The van der Waals surface area contributed by atoms with Gasteiger partial charge in [-0.1, -0.05) is 43.2 Å². The van der Waals surface area contributed by atoms with Gasteiger partial charge in [0.05, 0.1) is 12.4 Å². The van der Waals surface area contributed by atoms with E-state index in [2.05, 4.69) is 16.9 Å². The molecule has 0 fully saturated rings. The summed E-state index contributed by atoms with van der Waals surface area (Å²) in [4.78, 5) is 8.66. The number of allylic oxidation sites excluding steroid dienone is 1. The second kappa shape index (κ2) is 6.29. The zero-order valence-corrected chi connectivity index (χ0v) is 11.4. The fourth-order valence-corrected chi connectivity index (χ4v) is 1.75. The number of amidine groups is 1. The van der Waals surface area contributed by atoms with Gasteiger partial charge in [0.2, 0.25) is 0 Å². The Labute approximate surface area is 113 Å². The van der Waals surface area contributed by atoms with Crippen LogP contribution in [-0.4, -0.2) is 28.9 Å². The summed E-state index contributed by atoms with van der Waals surface area (Å²) in [5.41, 5.74) is 2.88. The molecule has 1 N–H and O–H groups in total. The van der Waals surface area contributed by atoms with Gasteiger partial charge in [0.15, 0.2) is 5.84 Å². The molecule has 0 saturated heterocycles. The standard InChI is InChI=1S/C15H19N3O/c1-3-4-9-18(19)11-14-10-16-15(17-14)13-7-5-12(2)6-8-13/h5-8,10-11,19H,3-4,9H2,1-2H3/b14-11+. The van der Waals surface area contributed by atoms with E-state index in [1.807, 2.05) is 31.2 Å².